The molecule has 0 aliphatic carbocycles. The molecule has 2 aromatic rings. The van der Waals surface area contributed by atoms with Gasteiger partial charge in [0.15, 0.2) is 0 Å². The average Bonchev–Trinajstić information content (AvgIpc) is 3.09. The number of ether oxygens (including phenoxy) is 1. The SMILES string of the molecule is COCCn1c(C)cc(C=C(C#N)C(=O)N2CCN(S(=O)(=O)c3cc(C)ccc3C)CC2)c1C. The number of piperazine rings is 1. The number of sulfonamides is 1. The van der Waals surface area contributed by atoms with Gasteiger partial charge in [-0.25, -0.2) is 8.42 Å². The number of rotatable bonds is 7. The molecule has 0 bridgehead atoms. The number of hydrogen-bond donors (Lipinski definition) is 0. The van der Waals surface area contributed by atoms with Crippen molar-refractivity contribution < 1.29 is 17.9 Å². The zero-order chi connectivity index (χ0) is 25.0. The molecule has 2 heterocycles. The highest BCUT2D eigenvalue weighted by atomic mass is 32.2. The van der Waals surface area contributed by atoms with Gasteiger partial charge in [-0.1, -0.05) is 12.1 Å². The van der Waals surface area contributed by atoms with Crippen molar-refractivity contribution in [3.63, 3.8) is 0 Å². The molecule has 1 amide bonds. The van der Waals surface area contributed by atoms with E-state index in [0.29, 0.717) is 23.6 Å². The van der Waals surface area contributed by atoms with Crippen molar-refractivity contribution in [3.05, 3.63) is 57.9 Å². The fourth-order valence-electron chi connectivity index (χ4n) is 4.22. The smallest absolute Gasteiger partial charge is 0.264 e. The van der Waals surface area contributed by atoms with Crippen molar-refractivity contribution in [2.75, 3.05) is 39.9 Å². The maximum absolute atomic E-state index is 13.2. The van der Waals surface area contributed by atoms with Gasteiger partial charge in [-0.3, -0.25) is 4.79 Å². The van der Waals surface area contributed by atoms with Crippen LogP contribution in [0.4, 0.5) is 0 Å². The number of amides is 1. The van der Waals surface area contributed by atoms with E-state index in [1.54, 1.807) is 37.1 Å². The summed E-state index contributed by atoms with van der Waals surface area (Å²) in [7, 11) is -2.00. The van der Waals surface area contributed by atoms with Crippen molar-refractivity contribution in [3.8, 4) is 6.07 Å². The maximum Gasteiger partial charge on any atom is 0.264 e. The molecule has 8 nitrogen and oxygen atoms in total. The zero-order valence-corrected chi connectivity index (χ0v) is 21.3. The predicted molar refractivity (Wildman–Crippen MR) is 131 cm³/mol. The third-order valence-corrected chi connectivity index (χ3v) is 8.31. The molecule has 182 valence electrons. The standard InChI is InChI=1S/C25H32N4O4S/c1-18-6-7-19(2)24(14-18)34(31,32)28-10-8-27(9-11-28)25(30)23(17-26)16-22-15-20(3)29(21(22)4)12-13-33-5/h6-7,14-16H,8-13H2,1-5H3. The molecule has 1 aliphatic rings. The molecule has 1 aromatic carbocycles. The first-order valence-corrected chi connectivity index (χ1v) is 12.7. The minimum atomic E-state index is -3.65. The van der Waals surface area contributed by atoms with Crippen molar-refractivity contribution in [2.24, 2.45) is 0 Å². The second-order valence-electron chi connectivity index (χ2n) is 8.61. The summed E-state index contributed by atoms with van der Waals surface area (Å²) in [5.74, 6) is -0.382. The molecule has 0 unspecified atom stereocenters. The molecular formula is C25H32N4O4S. The third kappa shape index (κ3) is 5.25. The van der Waals surface area contributed by atoms with E-state index in [1.165, 1.54) is 4.31 Å². The van der Waals surface area contributed by atoms with Crippen LogP contribution in [0.5, 0.6) is 0 Å². The van der Waals surface area contributed by atoms with Crippen molar-refractivity contribution in [1.82, 2.24) is 13.8 Å². The van der Waals surface area contributed by atoms with Crippen LogP contribution in [0.1, 0.15) is 28.1 Å². The Morgan fingerprint density at radius 3 is 2.41 bits per heavy atom. The number of aromatic nitrogens is 1. The summed E-state index contributed by atoms with van der Waals surface area (Å²) in [6.07, 6.45) is 1.62. The van der Waals surface area contributed by atoms with Gasteiger partial charge in [0, 0.05) is 51.2 Å². The van der Waals surface area contributed by atoms with Crippen LogP contribution in [-0.2, 0) is 26.1 Å². The molecule has 1 fully saturated rings. The van der Waals surface area contributed by atoms with E-state index in [9.17, 15) is 18.5 Å². The van der Waals surface area contributed by atoms with Gasteiger partial charge in [0.25, 0.3) is 5.91 Å². The summed E-state index contributed by atoms with van der Waals surface area (Å²) >= 11 is 0. The van der Waals surface area contributed by atoms with Crippen LogP contribution in [-0.4, -0.2) is 68.0 Å². The molecule has 0 N–H and O–H groups in total. The molecule has 34 heavy (non-hydrogen) atoms. The van der Waals surface area contributed by atoms with E-state index < -0.39 is 10.0 Å². The number of carbonyl (C=O) groups excluding carboxylic acids is 1. The number of aryl methyl sites for hydroxylation is 3. The highest BCUT2D eigenvalue weighted by Gasteiger charge is 2.32. The first kappa shape index (κ1) is 25.7. The lowest BCUT2D eigenvalue weighted by Crippen LogP contribution is -2.50. The third-order valence-electron chi connectivity index (χ3n) is 6.27. The Bertz CT molecular complexity index is 1250. The first-order chi connectivity index (χ1) is 16.1. The van der Waals surface area contributed by atoms with Gasteiger partial charge in [0.05, 0.1) is 11.5 Å². The van der Waals surface area contributed by atoms with Gasteiger partial charge in [-0.15, -0.1) is 0 Å². The minimum absolute atomic E-state index is 0.0397. The van der Waals surface area contributed by atoms with Crippen LogP contribution in [0, 0.1) is 39.0 Å². The molecule has 0 atom stereocenters. The lowest BCUT2D eigenvalue weighted by Gasteiger charge is -2.34. The van der Waals surface area contributed by atoms with E-state index in [-0.39, 0.29) is 37.7 Å². The molecule has 1 saturated heterocycles. The number of nitriles is 1. The Kier molecular flexibility index (Phi) is 7.97. The monoisotopic (exact) mass is 484 g/mol. The van der Waals surface area contributed by atoms with Gasteiger partial charge in [-0.2, -0.15) is 9.57 Å². The highest BCUT2D eigenvalue weighted by Crippen LogP contribution is 2.23. The Hall–Kier alpha value is -2.93. The van der Waals surface area contributed by atoms with Crippen LogP contribution >= 0.6 is 0 Å². The highest BCUT2D eigenvalue weighted by molar-refractivity contribution is 7.89. The maximum atomic E-state index is 13.2. The van der Waals surface area contributed by atoms with Crippen molar-refractivity contribution in [2.45, 2.75) is 39.1 Å². The lowest BCUT2D eigenvalue weighted by molar-refractivity contribution is -0.127. The van der Waals surface area contributed by atoms with Crippen LogP contribution in [0.3, 0.4) is 0 Å². The minimum Gasteiger partial charge on any atom is -0.383 e. The Morgan fingerprint density at radius 2 is 1.79 bits per heavy atom. The number of methoxy groups -OCH3 is 1. The summed E-state index contributed by atoms with van der Waals surface area (Å²) in [6.45, 7) is 9.66. The van der Waals surface area contributed by atoms with Crippen molar-refractivity contribution in [1.29, 1.82) is 5.26 Å². The number of hydrogen-bond acceptors (Lipinski definition) is 5. The second kappa shape index (κ2) is 10.6. The van der Waals surface area contributed by atoms with Gasteiger partial charge >= 0.3 is 0 Å². The Balaban J connectivity index is 1.74. The van der Waals surface area contributed by atoms with E-state index in [4.69, 9.17) is 4.74 Å². The topological polar surface area (TPSA) is 95.6 Å². The molecule has 9 heteroatoms. The van der Waals surface area contributed by atoms with E-state index >= 15 is 0 Å². The van der Waals surface area contributed by atoms with E-state index in [0.717, 1.165) is 22.5 Å². The molecule has 0 saturated carbocycles. The van der Waals surface area contributed by atoms with Gasteiger partial charge in [0.1, 0.15) is 11.6 Å². The summed E-state index contributed by atoms with van der Waals surface area (Å²) in [6, 6.07) is 9.35. The van der Waals surface area contributed by atoms with Crippen LogP contribution in [0.25, 0.3) is 6.08 Å². The van der Waals surface area contributed by atoms with Crippen molar-refractivity contribution >= 4 is 22.0 Å². The quantitative estimate of drug-likeness (QED) is 0.445. The van der Waals surface area contributed by atoms with Crippen LogP contribution in [0.15, 0.2) is 34.7 Å². The fraction of sp³-hybridized carbons (Fsp3) is 0.440. The summed E-state index contributed by atoms with van der Waals surface area (Å²) < 4.78 is 35.0. The summed E-state index contributed by atoms with van der Waals surface area (Å²) in [5.41, 5.74) is 4.41. The largest absolute Gasteiger partial charge is 0.383 e. The summed E-state index contributed by atoms with van der Waals surface area (Å²) in [4.78, 5) is 14.9. The molecule has 1 aromatic heterocycles. The van der Waals surface area contributed by atoms with Gasteiger partial charge in [-0.05, 0) is 62.6 Å². The Labute approximate surface area is 202 Å². The van der Waals surface area contributed by atoms with Crippen LogP contribution in [0.2, 0.25) is 0 Å². The Morgan fingerprint density at radius 1 is 1.12 bits per heavy atom. The van der Waals surface area contributed by atoms with Crippen LogP contribution < -0.4 is 0 Å². The normalized spacial score (nSPS) is 15.4. The second-order valence-corrected chi connectivity index (χ2v) is 10.5. The molecular weight excluding hydrogens is 452 g/mol. The number of nitrogens with zero attached hydrogens (tertiary/aromatic N) is 4. The predicted octanol–water partition coefficient (Wildman–Crippen LogP) is 2.81. The summed E-state index contributed by atoms with van der Waals surface area (Å²) in [5, 5.41) is 9.68. The van der Waals surface area contributed by atoms with Gasteiger partial charge in [0.2, 0.25) is 10.0 Å². The zero-order valence-electron chi connectivity index (χ0n) is 20.5. The lowest BCUT2D eigenvalue weighted by atomic mass is 10.1. The molecule has 0 spiro atoms. The molecule has 0 radical (unpaired) electrons. The molecule has 3 rings (SSSR count). The van der Waals surface area contributed by atoms with Gasteiger partial charge < -0.3 is 14.2 Å². The fourth-order valence-corrected chi connectivity index (χ4v) is 5.96. The number of carbonyl (C=O) groups is 1. The average molecular weight is 485 g/mol. The van der Waals surface area contributed by atoms with E-state index in [1.807, 2.05) is 39.0 Å². The van der Waals surface area contributed by atoms with E-state index in [2.05, 4.69) is 4.57 Å². The number of benzene rings is 1. The first-order valence-electron chi connectivity index (χ1n) is 11.2. The molecule has 1 aliphatic heterocycles.